The monoisotopic (exact) mass is 648 g/mol. The van der Waals surface area contributed by atoms with Crippen molar-refractivity contribution in [2.45, 2.75) is 0 Å². The summed E-state index contributed by atoms with van der Waals surface area (Å²) in [5.41, 5.74) is 3.23. The molecule has 0 spiro atoms. The highest BCUT2D eigenvalue weighted by Crippen LogP contribution is 2.41. The lowest BCUT2D eigenvalue weighted by Gasteiger charge is -2.40. The fourth-order valence-electron chi connectivity index (χ4n) is 8.42. The van der Waals surface area contributed by atoms with Gasteiger partial charge < -0.3 is 14.2 Å². The van der Waals surface area contributed by atoms with Gasteiger partial charge >= 0.3 is 0 Å². The van der Waals surface area contributed by atoms with Gasteiger partial charge in [0.15, 0.2) is 8.07 Å². The van der Waals surface area contributed by atoms with Crippen molar-refractivity contribution in [1.82, 2.24) is 0 Å². The summed E-state index contributed by atoms with van der Waals surface area (Å²) in [6.45, 7) is -0.0201. The van der Waals surface area contributed by atoms with Crippen molar-refractivity contribution in [2.75, 3.05) is 0 Å². The highest BCUT2D eigenvalue weighted by Gasteiger charge is 2.49. The molecule has 3 aliphatic rings. The van der Waals surface area contributed by atoms with Crippen molar-refractivity contribution >= 4 is 83.4 Å². The number of benzene rings is 7. The Labute approximate surface area is 282 Å². The quantitative estimate of drug-likeness (QED) is 0.167. The molecule has 0 atom stereocenters. The number of fused-ring (bicyclic) bond motifs is 3. The molecular weight excluding hydrogens is 623 g/mol. The molecule has 0 bridgehead atoms. The fourth-order valence-corrected chi connectivity index (χ4v) is 15.0. The van der Waals surface area contributed by atoms with Gasteiger partial charge in [-0.15, -0.1) is 11.3 Å². The summed E-state index contributed by atoms with van der Waals surface area (Å²) < 4.78 is 22.8. The summed E-state index contributed by atoms with van der Waals surface area (Å²) in [5.74, 6) is 5.08. The molecule has 0 aliphatic carbocycles. The van der Waals surface area contributed by atoms with Gasteiger partial charge in [0, 0.05) is 36.6 Å². The normalized spacial score (nSPS) is 13.5. The first-order valence-electron chi connectivity index (χ1n) is 16.3. The van der Waals surface area contributed by atoms with Crippen molar-refractivity contribution < 1.29 is 14.2 Å². The summed E-state index contributed by atoms with van der Waals surface area (Å²) in [4.78, 5) is 0. The van der Waals surface area contributed by atoms with Gasteiger partial charge in [0.05, 0.1) is 0 Å². The zero-order valence-corrected chi connectivity index (χ0v) is 27.5. The number of rotatable bonds is 4. The lowest BCUT2D eigenvalue weighted by Crippen LogP contribution is -2.75. The molecule has 11 rings (SSSR count). The highest BCUT2D eigenvalue weighted by atomic mass is 32.1. The van der Waals surface area contributed by atoms with Crippen molar-refractivity contribution in [1.29, 1.82) is 0 Å². The first kappa shape index (κ1) is 26.5. The van der Waals surface area contributed by atoms with Crippen LogP contribution in [0, 0.1) is 0 Å². The Balaban J connectivity index is 1.27. The molecule has 3 nitrogen and oxygen atoms in total. The maximum Gasteiger partial charge on any atom is 0.270 e. The van der Waals surface area contributed by atoms with E-state index in [1.165, 1.54) is 40.9 Å². The number of hydrogen-bond donors (Lipinski definition) is 0. The number of hydrogen-bond acceptors (Lipinski definition) is 4. The smallest absolute Gasteiger partial charge is 0.270 e. The Morgan fingerprint density at radius 1 is 0.417 bits per heavy atom. The molecule has 0 amide bonds. The van der Waals surface area contributed by atoms with E-state index in [9.17, 15) is 0 Å². The largest absolute Gasteiger partial charge is 0.458 e. The second-order valence-electron chi connectivity index (χ2n) is 12.7. The van der Waals surface area contributed by atoms with Crippen LogP contribution >= 0.6 is 11.3 Å². The molecule has 1 aromatic heterocycles. The van der Waals surface area contributed by atoms with E-state index in [0.29, 0.717) is 0 Å². The van der Waals surface area contributed by atoms with Crippen LogP contribution < -0.4 is 51.3 Å². The van der Waals surface area contributed by atoms with Gasteiger partial charge in [-0.2, -0.15) is 0 Å². The van der Waals surface area contributed by atoms with Gasteiger partial charge in [-0.1, -0.05) is 109 Å². The van der Waals surface area contributed by atoms with E-state index in [-0.39, 0.29) is 6.71 Å². The molecule has 3 aliphatic heterocycles. The maximum absolute atomic E-state index is 6.89. The fraction of sp³-hybridized carbons (Fsp3) is 0. The molecular formula is C42H25BO3SSi. The van der Waals surface area contributed by atoms with Crippen LogP contribution in [0.4, 0.5) is 0 Å². The zero-order chi connectivity index (χ0) is 31.4. The molecule has 0 N–H and O–H groups in total. The van der Waals surface area contributed by atoms with Crippen LogP contribution in [-0.2, 0) is 0 Å². The molecule has 0 radical (unpaired) electrons. The predicted octanol–water partition coefficient (Wildman–Crippen LogP) is 6.27. The van der Waals surface area contributed by atoms with E-state index in [1.807, 2.05) is 35.6 Å². The predicted molar refractivity (Wildman–Crippen MR) is 201 cm³/mol. The third kappa shape index (κ3) is 3.43. The molecule has 0 fully saturated rings. The molecule has 0 saturated carbocycles. The third-order valence-corrected chi connectivity index (χ3v) is 16.5. The van der Waals surface area contributed by atoms with Gasteiger partial charge in [-0.25, -0.2) is 0 Å². The van der Waals surface area contributed by atoms with Crippen LogP contribution in [0.15, 0.2) is 152 Å². The second-order valence-corrected chi connectivity index (χ2v) is 17.5. The second kappa shape index (κ2) is 9.73. The van der Waals surface area contributed by atoms with Crippen LogP contribution in [0.25, 0.3) is 20.2 Å². The Morgan fingerprint density at radius 3 is 1.50 bits per heavy atom. The Hall–Kier alpha value is -5.56. The van der Waals surface area contributed by atoms with Crippen LogP contribution in [0.1, 0.15) is 0 Å². The first-order chi connectivity index (χ1) is 23.8. The topological polar surface area (TPSA) is 27.7 Å². The zero-order valence-electron chi connectivity index (χ0n) is 25.6. The minimum absolute atomic E-state index is 0.0201. The highest BCUT2D eigenvalue weighted by molar-refractivity contribution is 7.30. The van der Waals surface area contributed by atoms with E-state index < -0.39 is 8.07 Å². The lowest BCUT2D eigenvalue weighted by molar-refractivity contribution is 0.443. The van der Waals surface area contributed by atoms with Gasteiger partial charge in [0.1, 0.15) is 34.5 Å². The summed E-state index contributed by atoms with van der Waals surface area (Å²) in [6.07, 6.45) is 0. The lowest BCUT2D eigenvalue weighted by atomic mass is 9.34. The van der Waals surface area contributed by atoms with Crippen molar-refractivity contribution in [3.8, 4) is 34.5 Å². The average molecular weight is 649 g/mol. The molecule has 7 aromatic carbocycles. The van der Waals surface area contributed by atoms with Gasteiger partial charge in [-0.3, -0.25) is 0 Å². The molecule has 4 heterocycles. The van der Waals surface area contributed by atoms with Gasteiger partial charge in [0.25, 0.3) is 6.71 Å². The Kier molecular flexibility index (Phi) is 5.38. The molecule has 224 valence electrons. The molecule has 0 saturated heterocycles. The maximum atomic E-state index is 6.89. The van der Waals surface area contributed by atoms with E-state index >= 15 is 0 Å². The third-order valence-electron chi connectivity index (χ3n) is 10.3. The van der Waals surface area contributed by atoms with Crippen LogP contribution in [0.3, 0.4) is 0 Å². The van der Waals surface area contributed by atoms with Gasteiger partial charge in [0.2, 0.25) is 0 Å². The molecule has 8 aromatic rings. The minimum Gasteiger partial charge on any atom is -0.458 e. The summed E-state index contributed by atoms with van der Waals surface area (Å²) in [5, 5.41) is 7.83. The van der Waals surface area contributed by atoms with E-state index in [0.717, 1.165) is 50.9 Å². The minimum atomic E-state index is -2.99. The first-order valence-corrected chi connectivity index (χ1v) is 19.1. The Morgan fingerprint density at radius 2 is 0.896 bits per heavy atom. The Bertz CT molecular complexity index is 2500. The van der Waals surface area contributed by atoms with Crippen molar-refractivity contribution in [3.05, 3.63) is 152 Å². The molecule has 6 heteroatoms. The standard InChI is InChI=1S/C42H25BO3SSi/c1-3-12-26(13-4-1)48(27-14-5-2-6-15-27,38-23-9-17-30-29-16-7-8-22-37(29)47-42(30)38)28-24-35-41-36(25-28)46-34-21-11-19-32-40(34)43(41)39-31(44-32)18-10-20-33(39)45-35/h1-25H. The summed E-state index contributed by atoms with van der Waals surface area (Å²) in [6, 6.07) is 54.8. The summed E-state index contributed by atoms with van der Waals surface area (Å²) in [7, 11) is -2.99. The van der Waals surface area contributed by atoms with E-state index in [1.54, 1.807) is 0 Å². The van der Waals surface area contributed by atoms with Crippen LogP contribution in [0.2, 0.25) is 0 Å². The van der Waals surface area contributed by atoms with E-state index in [4.69, 9.17) is 14.2 Å². The average Bonchev–Trinajstić information content (AvgIpc) is 3.52. The van der Waals surface area contributed by atoms with Crippen molar-refractivity contribution in [2.24, 2.45) is 0 Å². The summed E-state index contributed by atoms with van der Waals surface area (Å²) >= 11 is 1.90. The van der Waals surface area contributed by atoms with Crippen molar-refractivity contribution in [3.63, 3.8) is 0 Å². The van der Waals surface area contributed by atoms with Gasteiger partial charge in [-0.05, 0) is 63.2 Å². The number of ether oxygens (including phenoxy) is 3. The molecule has 0 unspecified atom stereocenters. The van der Waals surface area contributed by atoms with E-state index in [2.05, 4.69) is 127 Å². The van der Waals surface area contributed by atoms with Crippen LogP contribution in [-0.4, -0.2) is 14.8 Å². The SMILES string of the molecule is c1ccc([Si](c2ccccc2)(c2cc3c4c(c2)Oc2cccc5c2B4c2c(cccc2O3)O5)c2cccc3c2sc2ccccc23)cc1. The number of thiophene rings is 1. The van der Waals surface area contributed by atoms with Crippen LogP contribution in [0.5, 0.6) is 34.5 Å². The molecule has 48 heavy (non-hydrogen) atoms.